The third-order valence-corrected chi connectivity index (χ3v) is 8.72. The van der Waals surface area contributed by atoms with Crippen molar-refractivity contribution in [3.05, 3.63) is 33.2 Å². The molecule has 3 rings (SSSR count). The van der Waals surface area contributed by atoms with E-state index in [2.05, 4.69) is 56.1 Å². The number of hydrogen-bond donors (Lipinski definition) is 0. The standard InChI is InChI=1S/C14H12Br2GeO2/c1-18-13-3-7-8-4-14(19-2)10(16)6-12(8)17-11(7)5-9(13)15/h3-6H,17H2,1-2H3. The Labute approximate surface area is 135 Å². The zero-order valence-corrected chi connectivity index (χ0v) is 16.7. The summed E-state index contributed by atoms with van der Waals surface area (Å²) in [6.07, 6.45) is 0. The number of hydrogen-bond acceptors (Lipinski definition) is 2. The van der Waals surface area contributed by atoms with Crippen molar-refractivity contribution in [2.75, 3.05) is 14.2 Å². The van der Waals surface area contributed by atoms with Crippen LogP contribution in [0.25, 0.3) is 11.1 Å². The average molecular weight is 445 g/mol. The molecule has 2 aromatic rings. The van der Waals surface area contributed by atoms with Crippen LogP contribution in [-0.4, -0.2) is 29.7 Å². The van der Waals surface area contributed by atoms with Crippen LogP contribution in [0.2, 0.25) is 0 Å². The molecule has 0 unspecified atom stereocenters. The predicted molar refractivity (Wildman–Crippen MR) is 88.2 cm³/mol. The second-order valence-corrected chi connectivity index (χ2v) is 10.1. The van der Waals surface area contributed by atoms with Crippen molar-refractivity contribution in [3.63, 3.8) is 0 Å². The monoisotopic (exact) mass is 444 g/mol. The Morgan fingerprint density at radius 1 is 0.789 bits per heavy atom. The molecule has 19 heavy (non-hydrogen) atoms. The van der Waals surface area contributed by atoms with Crippen LogP contribution in [-0.2, 0) is 0 Å². The van der Waals surface area contributed by atoms with Crippen molar-refractivity contribution < 1.29 is 9.47 Å². The minimum absolute atomic E-state index is 0.885. The number of methoxy groups -OCH3 is 2. The molecule has 0 saturated carbocycles. The van der Waals surface area contributed by atoms with E-state index in [0.717, 1.165) is 20.4 Å². The van der Waals surface area contributed by atoms with Crippen molar-refractivity contribution >= 4 is 56.1 Å². The van der Waals surface area contributed by atoms with E-state index < -0.39 is 15.4 Å². The topological polar surface area (TPSA) is 18.5 Å². The number of rotatable bonds is 2. The maximum atomic E-state index is 5.40. The van der Waals surface area contributed by atoms with Crippen molar-refractivity contribution in [1.29, 1.82) is 0 Å². The Morgan fingerprint density at radius 2 is 1.21 bits per heavy atom. The molecular formula is C14H12Br2GeO2. The van der Waals surface area contributed by atoms with Crippen LogP contribution in [0.15, 0.2) is 33.2 Å². The van der Waals surface area contributed by atoms with E-state index in [0.29, 0.717) is 0 Å². The molecule has 0 radical (unpaired) electrons. The maximum absolute atomic E-state index is 5.40. The van der Waals surface area contributed by atoms with Crippen molar-refractivity contribution in [3.8, 4) is 22.6 Å². The summed E-state index contributed by atoms with van der Waals surface area (Å²) in [6, 6.07) is 8.69. The van der Waals surface area contributed by atoms with Crippen LogP contribution in [0.5, 0.6) is 11.5 Å². The van der Waals surface area contributed by atoms with Crippen LogP contribution in [0.4, 0.5) is 0 Å². The summed E-state index contributed by atoms with van der Waals surface area (Å²) in [5, 5.41) is 0. The average Bonchev–Trinajstić information content (AvgIpc) is 2.72. The van der Waals surface area contributed by atoms with E-state index in [-0.39, 0.29) is 0 Å². The Morgan fingerprint density at radius 3 is 1.58 bits per heavy atom. The van der Waals surface area contributed by atoms with E-state index in [1.165, 1.54) is 19.9 Å². The van der Waals surface area contributed by atoms with Gasteiger partial charge < -0.3 is 0 Å². The Bertz CT molecular complexity index is 613. The van der Waals surface area contributed by atoms with Gasteiger partial charge in [0.15, 0.2) is 0 Å². The van der Waals surface area contributed by atoms with Gasteiger partial charge in [-0.2, -0.15) is 0 Å². The molecule has 0 aliphatic carbocycles. The Hall–Kier alpha value is -0.457. The predicted octanol–water partition coefficient (Wildman–Crippen LogP) is 2.33. The van der Waals surface area contributed by atoms with Gasteiger partial charge in [0.05, 0.1) is 0 Å². The molecule has 98 valence electrons. The molecule has 0 aromatic heterocycles. The number of ether oxygens (including phenoxy) is 2. The van der Waals surface area contributed by atoms with Crippen LogP contribution < -0.4 is 18.3 Å². The van der Waals surface area contributed by atoms with Crippen LogP contribution in [0, 0.1) is 0 Å². The molecular weight excluding hydrogens is 433 g/mol. The number of fused-ring (bicyclic) bond motifs is 3. The summed E-state index contributed by atoms with van der Waals surface area (Å²) in [6.45, 7) is 0. The van der Waals surface area contributed by atoms with Crippen molar-refractivity contribution in [2.45, 2.75) is 0 Å². The fraction of sp³-hybridized carbons (Fsp3) is 0.143. The normalized spacial score (nSPS) is 12.0. The summed E-state index contributed by atoms with van der Waals surface area (Å²) < 4.78 is 15.9. The van der Waals surface area contributed by atoms with E-state index >= 15 is 0 Å². The second kappa shape index (κ2) is 5.15. The van der Waals surface area contributed by atoms with E-state index in [9.17, 15) is 0 Å². The van der Waals surface area contributed by atoms with Crippen LogP contribution in [0.3, 0.4) is 0 Å². The quantitative estimate of drug-likeness (QED) is 0.565. The van der Waals surface area contributed by atoms with Gasteiger partial charge in [-0.15, -0.1) is 0 Å². The zero-order valence-electron chi connectivity index (χ0n) is 10.6. The fourth-order valence-corrected chi connectivity index (χ4v) is 9.03. The van der Waals surface area contributed by atoms with E-state index in [1.54, 1.807) is 14.2 Å². The molecule has 5 heteroatoms. The third kappa shape index (κ3) is 2.24. The van der Waals surface area contributed by atoms with E-state index in [4.69, 9.17) is 9.47 Å². The Balaban J connectivity index is 2.21. The van der Waals surface area contributed by atoms with Gasteiger partial charge in [-0.1, -0.05) is 0 Å². The minimum atomic E-state index is -0.898. The molecule has 0 spiro atoms. The molecule has 1 aliphatic rings. The first-order valence-electron chi connectivity index (χ1n) is 5.87. The van der Waals surface area contributed by atoms with Gasteiger partial charge in [0, 0.05) is 0 Å². The first-order valence-corrected chi connectivity index (χ1v) is 10.4. The molecule has 0 fully saturated rings. The third-order valence-electron chi connectivity index (χ3n) is 3.43. The van der Waals surface area contributed by atoms with Gasteiger partial charge in [0.25, 0.3) is 0 Å². The summed E-state index contributed by atoms with van der Waals surface area (Å²) in [5.74, 6) is 1.77. The van der Waals surface area contributed by atoms with Gasteiger partial charge in [0.2, 0.25) is 0 Å². The SMILES string of the molecule is COc1cc2[c](cc1Br)[GeH2][c]1cc(Br)c(OC)cc1-2. The van der Waals surface area contributed by atoms with Gasteiger partial charge in [-0.05, 0) is 0 Å². The summed E-state index contributed by atoms with van der Waals surface area (Å²) in [4.78, 5) is 0. The molecule has 0 N–H and O–H groups in total. The number of halogens is 2. The van der Waals surface area contributed by atoms with Crippen LogP contribution in [0.1, 0.15) is 0 Å². The summed E-state index contributed by atoms with van der Waals surface area (Å²) >= 11 is 6.24. The van der Waals surface area contributed by atoms with Gasteiger partial charge in [-0.3, -0.25) is 0 Å². The van der Waals surface area contributed by atoms with Gasteiger partial charge >= 0.3 is 136 Å². The molecule has 2 nitrogen and oxygen atoms in total. The molecule has 1 aliphatic heterocycles. The molecule has 0 amide bonds. The fourth-order valence-electron chi connectivity index (χ4n) is 2.50. The van der Waals surface area contributed by atoms with Crippen LogP contribution >= 0.6 is 31.9 Å². The summed E-state index contributed by atoms with van der Waals surface area (Å²) in [5.41, 5.74) is 2.61. The zero-order chi connectivity index (χ0) is 13.6. The molecule has 0 bridgehead atoms. The van der Waals surface area contributed by atoms with Crippen molar-refractivity contribution in [2.24, 2.45) is 0 Å². The molecule has 2 aromatic carbocycles. The molecule has 1 heterocycles. The second-order valence-electron chi connectivity index (χ2n) is 4.46. The van der Waals surface area contributed by atoms with E-state index in [1.807, 2.05) is 0 Å². The first-order chi connectivity index (χ1) is 9.13. The first kappa shape index (κ1) is 13.5. The Kier molecular flexibility index (Phi) is 3.66. The summed E-state index contributed by atoms with van der Waals surface area (Å²) in [7, 11) is 3.40. The van der Waals surface area contributed by atoms with Gasteiger partial charge in [-0.25, -0.2) is 0 Å². The molecule has 0 atom stereocenters. The van der Waals surface area contributed by atoms with Gasteiger partial charge in [0.1, 0.15) is 0 Å². The number of benzene rings is 2. The molecule has 0 saturated heterocycles. The van der Waals surface area contributed by atoms with Crippen molar-refractivity contribution in [1.82, 2.24) is 0 Å².